The third-order valence-corrected chi connectivity index (χ3v) is 5.06. The van der Waals surface area contributed by atoms with Crippen molar-refractivity contribution in [2.45, 2.75) is 32.2 Å². The molecule has 1 amide bonds. The van der Waals surface area contributed by atoms with Crippen molar-refractivity contribution >= 4 is 23.4 Å². The standard InChI is InChI=1S/C20H24N2O4S/c1-15(2)21(12-16-7-5-4-6-8-16)20(23)14-27-13-17-9-10-19(26-3)18(11-17)22(24)25/h4-11,15H,12-14H2,1-3H3. The second-order valence-corrected chi connectivity index (χ2v) is 7.34. The number of nitrogens with zero attached hydrogens (tertiary/aromatic N) is 2. The summed E-state index contributed by atoms with van der Waals surface area (Å²) in [7, 11) is 1.41. The van der Waals surface area contributed by atoms with Crippen molar-refractivity contribution in [2.75, 3.05) is 12.9 Å². The molecule has 0 aliphatic heterocycles. The van der Waals surface area contributed by atoms with Gasteiger partial charge in [-0.25, -0.2) is 0 Å². The Kier molecular flexibility index (Phi) is 7.67. The molecule has 0 unspecified atom stereocenters. The van der Waals surface area contributed by atoms with Crippen LogP contribution in [0.1, 0.15) is 25.0 Å². The van der Waals surface area contributed by atoms with E-state index in [1.54, 1.807) is 12.1 Å². The summed E-state index contributed by atoms with van der Waals surface area (Å²) in [6.45, 7) is 4.57. The largest absolute Gasteiger partial charge is 0.490 e. The average molecular weight is 388 g/mol. The summed E-state index contributed by atoms with van der Waals surface area (Å²) in [4.78, 5) is 25.1. The summed E-state index contributed by atoms with van der Waals surface area (Å²) in [5.41, 5.74) is 1.82. The molecule has 0 aliphatic rings. The predicted molar refractivity (Wildman–Crippen MR) is 108 cm³/mol. The number of ether oxygens (including phenoxy) is 1. The Morgan fingerprint density at radius 1 is 1.19 bits per heavy atom. The molecular formula is C20H24N2O4S. The third-order valence-electron chi connectivity index (χ3n) is 4.07. The third kappa shape index (κ3) is 5.99. The summed E-state index contributed by atoms with van der Waals surface area (Å²) in [6, 6.07) is 14.9. The summed E-state index contributed by atoms with van der Waals surface area (Å²) in [5.74, 6) is 1.14. The Hall–Kier alpha value is -2.54. The van der Waals surface area contributed by atoms with Gasteiger partial charge in [-0.05, 0) is 31.0 Å². The van der Waals surface area contributed by atoms with Crippen LogP contribution in [0.25, 0.3) is 0 Å². The fourth-order valence-corrected chi connectivity index (χ4v) is 3.50. The molecule has 0 N–H and O–H groups in total. The molecule has 2 aromatic carbocycles. The van der Waals surface area contributed by atoms with Crippen molar-refractivity contribution in [1.82, 2.24) is 4.90 Å². The Morgan fingerprint density at radius 3 is 2.48 bits per heavy atom. The first-order valence-corrected chi connectivity index (χ1v) is 9.80. The van der Waals surface area contributed by atoms with Crippen molar-refractivity contribution < 1.29 is 14.5 Å². The highest BCUT2D eigenvalue weighted by atomic mass is 32.2. The highest BCUT2D eigenvalue weighted by molar-refractivity contribution is 7.99. The molecule has 0 fully saturated rings. The number of rotatable bonds is 9. The Balaban J connectivity index is 1.95. The van der Waals surface area contributed by atoms with Gasteiger partial charge in [-0.3, -0.25) is 14.9 Å². The number of hydrogen-bond acceptors (Lipinski definition) is 5. The second kappa shape index (κ2) is 9.97. The molecule has 2 rings (SSSR count). The van der Waals surface area contributed by atoms with E-state index < -0.39 is 4.92 Å². The lowest BCUT2D eigenvalue weighted by atomic mass is 10.2. The van der Waals surface area contributed by atoms with Gasteiger partial charge in [0.1, 0.15) is 0 Å². The minimum Gasteiger partial charge on any atom is -0.490 e. The minimum atomic E-state index is -0.460. The summed E-state index contributed by atoms with van der Waals surface area (Å²) in [6.07, 6.45) is 0. The molecule has 0 spiro atoms. The van der Waals surface area contributed by atoms with Crippen LogP contribution in [-0.4, -0.2) is 34.6 Å². The van der Waals surface area contributed by atoms with Crippen LogP contribution in [0.3, 0.4) is 0 Å². The van der Waals surface area contributed by atoms with Gasteiger partial charge in [0, 0.05) is 24.4 Å². The number of methoxy groups -OCH3 is 1. The number of thioether (sulfide) groups is 1. The maximum absolute atomic E-state index is 12.6. The number of amides is 1. The molecule has 6 nitrogen and oxygen atoms in total. The van der Waals surface area contributed by atoms with Crippen LogP contribution in [0.5, 0.6) is 5.75 Å². The van der Waals surface area contributed by atoms with E-state index in [1.165, 1.54) is 24.9 Å². The molecule has 0 saturated carbocycles. The lowest BCUT2D eigenvalue weighted by molar-refractivity contribution is -0.385. The molecule has 144 valence electrons. The monoisotopic (exact) mass is 388 g/mol. The van der Waals surface area contributed by atoms with Crippen molar-refractivity contribution in [2.24, 2.45) is 0 Å². The van der Waals surface area contributed by atoms with Crippen molar-refractivity contribution in [3.05, 3.63) is 69.8 Å². The molecule has 0 saturated heterocycles. The summed E-state index contributed by atoms with van der Waals surface area (Å²) in [5, 5.41) is 11.1. The smallest absolute Gasteiger partial charge is 0.311 e. The van der Waals surface area contributed by atoms with Crippen LogP contribution < -0.4 is 4.74 Å². The summed E-state index contributed by atoms with van der Waals surface area (Å²) >= 11 is 1.45. The molecule has 0 bridgehead atoms. The van der Waals surface area contributed by atoms with E-state index in [-0.39, 0.29) is 23.4 Å². The second-order valence-electron chi connectivity index (χ2n) is 6.36. The zero-order valence-corrected chi connectivity index (χ0v) is 16.6. The molecule has 2 aromatic rings. The van der Waals surface area contributed by atoms with E-state index in [1.807, 2.05) is 49.1 Å². The first kappa shape index (κ1) is 20.8. The van der Waals surface area contributed by atoms with Gasteiger partial charge in [-0.2, -0.15) is 0 Å². The van der Waals surface area contributed by atoms with Gasteiger partial charge in [0.2, 0.25) is 5.91 Å². The molecule has 0 atom stereocenters. The van der Waals surface area contributed by atoms with Crippen LogP contribution in [0.4, 0.5) is 5.69 Å². The maximum atomic E-state index is 12.6. The number of nitro benzene ring substituents is 1. The van der Waals surface area contributed by atoms with Gasteiger partial charge in [0.05, 0.1) is 17.8 Å². The average Bonchev–Trinajstić information content (AvgIpc) is 2.66. The number of nitro groups is 1. The van der Waals surface area contributed by atoms with Gasteiger partial charge >= 0.3 is 5.69 Å². The highest BCUT2D eigenvalue weighted by Crippen LogP contribution is 2.29. The normalized spacial score (nSPS) is 10.7. The van der Waals surface area contributed by atoms with Gasteiger partial charge in [0.15, 0.2) is 5.75 Å². The number of benzene rings is 2. The fraction of sp³-hybridized carbons (Fsp3) is 0.350. The fourth-order valence-electron chi connectivity index (χ4n) is 2.65. The first-order valence-electron chi connectivity index (χ1n) is 8.64. The van der Waals surface area contributed by atoms with Crippen LogP contribution in [0.15, 0.2) is 48.5 Å². The Morgan fingerprint density at radius 2 is 1.89 bits per heavy atom. The molecule has 7 heteroatoms. The van der Waals surface area contributed by atoms with Crippen molar-refractivity contribution in [3.8, 4) is 5.75 Å². The molecule has 0 aliphatic carbocycles. The van der Waals surface area contributed by atoms with Crippen molar-refractivity contribution in [3.63, 3.8) is 0 Å². The predicted octanol–water partition coefficient (Wildman–Crippen LogP) is 4.27. The van der Waals surface area contributed by atoms with Gasteiger partial charge in [-0.15, -0.1) is 11.8 Å². The van der Waals surface area contributed by atoms with E-state index in [4.69, 9.17) is 4.74 Å². The Labute approximate surface area is 163 Å². The van der Waals surface area contributed by atoms with Crippen LogP contribution in [0.2, 0.25) is 0 Å². The topological polar surface area (TPSA) is 72.7 Å². The van der Waals surface area contributed by atoms with Crippen LogP contribution in [0, 0.1) is 10.1 Å². The van der Waals surface area contributed by atoms with E-state index in [0.29, 0.717) is 18.1 Å². The highest BCUT2D eigenvalue weighted by Gasteiger charge is 2.18. The van der Waals surface area contributed by atoms with Gasteiger partial charge in [0.25, 0.3) is 0 Å². The van der Waals surface area contributed by atoms with Gasteiger partial charge < -0.3 is 9.64 Å². The lowest BCUT2D eigenvalue weighted by Gasteiger charge is -2.27. The number of carbonyl (C=O) groups is 1. The number of hydrogen-bond donors (Lipinski definition) is 0. The number of carbonyl (C=O) groups excluding carboxylic acids is 1. The molecule has 0 radical (unpaired) electrons. The minimum absolute atomic E-state index is 0.0573. The molecule has 0 aromatic heterocycles. The first-order chi connectivity index (χ1) is 12.9. The maximum Gasteiger partial charge on any atom is 0.311 e. The van der Waals surface area contributed by atoms with E-state index >= 15 is 0 Å². The van der Waals surface area contributed by atoms with Crippen LogP contribution >= 0.6 is 11.8 Å². The van der Waals surface area contributed by atoms with Crippen LogP contribution in [-0.2, 0) is 17.1 Å². The lowest BCUT2D eigenvalue weighted by Crippen LogP contribution is -2.37. The zero-order valence-electron chi connectivity index (χ0n) is 15.8. The van der Waals surface area contributed by atoms with Gasteiger partial charge in [-0.1, -0.05) is 36.4 Å². The molecule has 0 heterocycles. The van der Waals surface area contributed by atoms with E-state index in [0.717, 1.165) is 11.1 Å². The summed E-state index contributed by atoms with van der Waals surface area (Å²) < 4.78 is 5.01. The van der Waals surface area contributed by atoms with E-state index in [2.05, 4.69) is 0 Å². The molecular weight excluding hydrogens is 364 g/mol. The van der Waals surface area contributed by atoms with E-state index in [9.17, 15) is 14.9 Å². The SMILES string of the molecule is COc1ccc(CSCC(=O)N(Cc2ccccc2)C(C)C)cc1[N+](=O)[O-]. The zero-order chi connectivity index (χ0) is 19.8. The van der Waals surface area contributed by atoms with Crippen molar-refractivity contribution in [1.29, 1.82) is 0 Å². The Bertz CT molecular complexity index is 781. The molecule has 27 heavy (non-hydrogen) atoms. The quantitative estimate of drug-likeness (QED) is 0.474.